The molecule has 2 aromatic heterocycles. The maximum Gasteiger partial charge on any atom is 0.261 e. The number of fused-ring (bicyclic) bond motifs is 2. The average Bonchev–Trinajstić information content (AvgIpc) is 3.78. The van der Waals surface area contributed by atoms with Gasteiger partial charge in [0.1, 0.15) is 27.5 Å². The molecular weight excluding hydrogens is 717 g/mol. The Morgan fingerprint density at radius 1 is 0.855 bits per heavy atom. The molecular formula is C47H52N2O4SSi. The van der Waals surface area contributed by atoms with Crippen molar-refractivity contribution in [1.82, 2.24) is 9.29 Å². The molecule has 0 unspecified atom stereocenters. The Kier molecular flexibility index (Phi) is 11.0. The van der Waals surface area contributed by atoms with E-state index in [2.05, 4.69) is 135 Å². The van der Waals surface area contributed by atoms with Crippen LogP contribution in [0.3, 0.4) is 0 Å². The third-order valence-electron chi connectivity index (χ3n) is 10.5. The van der Waals surface area contributed by atoms with E-state index < -0.39 is 24.4 Å². The van der Waals surface area contributed by atoms with Crippen molar-refractivity contribution < 1.29 is 18.1 Å². The fourth-order valence-corrected chi connectivity index (χ4v) is 14.0. The van der Waals surface area contributed by atoms with E-state index in [9.17, 15) is 4.55 Å². The fraction of sp³-hybridized carbons (Fsp3) is 0.298. The summed E-state index contributed by atoms with van der Waals surface area (Å²) in [5, 5.41) is 3.35. The molecule has 0 N–H and O–H groups in total. The molecule has 284 valence electrons. The maximum absolute atomic E-state index is 14.5. The van der Waals surface area contributed by atoms with Crippen molar-refractivity contribution >= 4 is 46.8 Å². The van der Waals surface area contributed by atoms with E-state index in [1.54, 1.807) is 0 Å². The van der Waals surface area contributed by atoms with Crippen molar-refractivity contribution in [3.8, 4) is 22.6 Å². The van der Waals surface area contributed by atoms with Crippen molar-refractivity contribution in [2.75, 3.05) is 13.2 Å². The largest absolute Gasteiger partial charge is 0.597 e. The minimum Gasteiger partial charge on any atom is -0.597 e. The monoisotopic (exact) mass is 768 g/mol. The molecule has 0 bridgehead atoms. The van der Waals surface area contributed by atoms with Gasteiger partial charge in [-0.15, -0.1) is 4.31 Å². The first-order valence-electron chi connectivity index (χ1n) is 19.2. The molecule has 3 heterocycles. The summed E-state index contributed by atoms with van der Waals surface area (Å²) < 4.78 is 35.9. The Balaban J connectivity index is 1.34. The standard InChI is InChI=1S/C47H52N2O4SSi/c1-9-51-33(2)40-30-37-32-49(54(50)46(3,4)5)41(27-28-52-55(47(6,7)8,38-22-12-10-13-23-38)39-24-14-11-15-25-39)44(37)45(48-40)36-21-18-20-34(29-36)43-31-35-19-16-17-26-42(35)53-43/h10-26,29-31,41H,2,9,27-28,32H2,1,3-8H3/t41-,54-/m1/s1. The van der Waals surface area contributed by atoms with Gasteiger partial charge in [0.2, 0.25) is 0 Å². The lowest BCUT2D eigenvalue weighted by molar-refractivity contribution is 0.239. The van der Waals surface area contributed by atoms with Crippen LogP contribution in [-0.4, -0.2) is 40.1 Å². The minimum atomic E-state index is -2.82. The molecule has 8 heteroatoms. The smallest absolute Gasteiger partial charge is 0.261 e. The van der Waals surface area contributed by atoms with Gasteiger partial charge in [-0.3, -0.25) is 0 Å². The summed E-state index contributed by atoms with van der Waals surface area (Å²) in [7, 11) is -2.82. The quantitative estimate of drug-likeness (QED) is 0.0701. The molecule has 0 fully saturated rings. The lowest BCUT2D eigenvalue weighted by atomic mass is 9.94. The Hall–Kier alpha value is -4.44. The van der Waals surface area contributed by atoms with Crippen LogP contribution in [0.2, 0.25) is 5.04 Å². The molecule has 0 amide bonds. The lowest BCUT2D eigenvalue weighted by Gasteiger charge is -2.43. The molecule has 2 atom stereocenters. The number of aromatic nitrogens is 1. The summed E-state index contributed by atoms with van der Waals surface area (Å²) in [6, 6.07) is 41.8. The first kappa shape index (κ1) is 38.8. The molecule has 0 saturated carbocycles. The summed E-state index contributed by atoms with van der Waals surface area (Å²) >= 11 is -1.32. The minimum absolute atomic E-state index is 0.171. The van der Waals surface area contributed by atoms with Gasteiger partial charge >= 0.3 is 0 Å². The van der Waals surface area contributed by atoms with Gasteiger partial charge in [-0.05, 0) is 79.4 Å². The van der Waals surface area contributed by atoms with E-state index in [1.165, 1.54) is 10.4 Å². The molecule has 55 heavy (non-hydrogen) atoms. The van der Waals surface area contributed by atoms with E-state index in [-0.39, 0.29) is 11.1 Å². The molecule has 6 aromatic rings. The number of hydrogen-bond donors (Lipinski definition) is 0. The van der Waals surface area contributed by atoms with Crippen LogP contribution < -0.4 is 10.4 Å². The van der Waals surface area contributed by atoms with Crippen molar-refractivity contribution in [2.24, 2.45) is 0 Å². The summed E-state index contributed by atoms with van der Waals surface area (Å²) in [4.78, 5) is 5.30. The molecule has 0 saturated heterocycles. The second kappa shape index (κ2) is 15.6. The van der Waals surface area contributed by atoms with Crippen LogP contribution in [0.15, 0.2) is 132 Å². The van der Waals surface area contributed by atoms with E-state index in [0.29, 0.717) is 37.6 Å². The van der Waals surface area contributed by atoms with Gasteiger partial charge < -0.3 is 18.1 Å². The SMILES string of the molecule is C=C(OCC)c1cc2c(c(-c3cccc(-c4cc5ccccc5o4)c3)n1)[C@@H](CCO[Si](c1ccccc1)(c1ccccc1)C(C)(C)C)N([S@+]([O-])C(C)(C)C)C2. The Labute approximate surface area is 330 Å². The van der Waals surface area contributed by atoms with Crippen molar-refractivity contribution in [2.45, 2.75) is 77.3 Å². The topological polar surface area (TPSA) is 70.8 Å². The highest BCUT2D eigenvalue weighted by Gasteiger charge is 2.51. The highest BCUT2D eigenvalue weighted by atomic mass is 32.2. The third-order valence-corrected chi connectivity index (χ3v) is 17.4. The summed E-state index contributed by atoms with van der Waals surface area (Å²) in [6.07, 6.45) is 0.628. The average molecular weight is 769 g/mol. The van der Waals surface area contributed by atoms with Crippen LogP contribution in [0.25, 0.3) is 39.3 Å². The van der Waals surface area contributed by atoms with Gasteiger partial charge in [0.25, 0.3) is 8.32 Å². The molecule has 6 nitrogen and oxygen atoms in total. The third kappa shape index (κ3) is 7.59. The van der Waals surface area contributed by atoms with Crippen LogP contribution in [-0.2, 0) is 27.1 Å². The number of rotatable bonds is 12. The normalized spacial score (nSPS) is 15.6. The lowest BCUT2D eigenvalue weighted by Crippen LogP contribution is -2.66. The molecule has 0 radical (unpaired) electrons. The summed E-state index contributed by atoms with van der Waals surface area (Å²) in [5.41, 5.74) is 6.39. The number of pyridine rings is 1. The van der Waals surface area contributed by atoms with Crippen molar-refractivity contribution in [3.05, 3.63) is 145 Å². The van der Waals surface area contributed by atoms with Gasteiger partial charge in [0.15, 0.2) is 0 Å². The van der Waals surface area contributed by atoms with Gasteiger partial charge in [0, 0.05) is 40.0 Å². The highest BCUT2D eigenvalue weighted by molar-refractivity contribution is 7.90. The molecule has 1 aliphatic heterocycles. The molecule has 1 aliphatic rings. The number of hydrogen-bond acceptors (Lipinski definition) is 6. The second-order valence-electron chi connectivity index (χ2n) is 16.3. The van der Waals surface area contributed by atoms with Gasteiger partial charge in [-0.2, -0.15) is 0 Å². The molecule has 0 aliphatic carbocycles. The number of para-hydroxylation sites is 1. The fourth-order valence-electron chi connectivity index (χ4n) is 7.99. The molecule has 0 spiro atoms. The van der Waals surface area contributed by atoms with E-state index >= 15 is 0 Å². The van der Waals surface area contributed by atoms with Gasteiger partial charge in [-0.25, -0.2) is 4.98 Å². The zero-order valence-electron chi connectivity index (χ0n) is 33.1. The Bertz CT molecular complexity index is 2200. The van der Waals surface area contributed by atoms with E-state index in [4.69, 9.17) is 18.6 Å². The number of benzene rings is 4. The number of furan rings is 1. The Morgan fingerprint density at radius 2 is 1.49 bits per heavy atom. The predicted octanol–water partition coefficient (Wildman–Crippen LogP) is 10.5. The Morgan fingerprint density at radius 3 is 2.11 bits per heavy atom. The number of ether oxygens (including phenoxy) is 1. The van der Waals surface area contributed by atoms with E-state index in [0.717, 1.165) is 44.7 Å². The zero-order valence-corrected chi connectivity index (χ0v) is 34.9. The molecule has 4 aromatic carbocycles. The zero-order chi connectivity index (χ0) is 39.0. The second-order valence-corrected chi connectivity index (χ2v) is 22.8. The first-order chi connectivity index (χ1) is 26.3. The van der Waals surface area contributed by atoms with Crippen molar-refractivity contribution in [1.29, 1.82) is 0 Å². The molecule has 7 rings (SSSR count). The van der Waals surface area contributed by atoms with Crippen molar-refractivity contribution in [3.63, 3.8) is 0 Å². The number of nitrogens with zero attached hydrogens (tertiary/aromatic N) is 2. The maximum atomic E-state index is 14.5. The van der Waals surface area contributed by atoms with Crippen LogP contribution in [0.4, 0.5) is 0 Å². The summed E-state index contributed by atoms with van der Waals surface area (Å²) in [5.74, 6) is 1.31. The van der Waals surface area contributed by atoms with Crippen LogP contribution in [0, 0.1) is 0 Å². The van der Waals surface area contributed by atoms with E-state index in [1.807, 2.05) is 45.9 Å². The van der Waals surface area contributed by atoms with Crippen LogP contribution >= 0.6 is 0 Å². The van der Waals surface area contributed by atoms with Crippen LogP contribution in [0.5, 0.6) is 0 Å². The van der Waals surface area contributed by atoms with Gasteiger partial charge in [-0.1, -0.05) is 124 Å². The first-order valence-corrected chi connectivity index (χ1v) is 22.2. The van der Waals surface area contributed by atoms with Crippen LogP contribution in [0.1, 0.15) is 77.7 Å². The van der Waals surface area contributed by atoms with Gasteiger partial charge in [0.05, 0.1) is 24.9 Å². The summed E-state index contributed by atoms with van der Waals surface area (Å²) in [6.45, 7) is 20.7. The highest BCUT2D eigenvalue weighted by Crippen LogP contribution is 2.47. The predicted molar refractivity (Wildman–Crippen MR) is 230 cm³/mol.